The molecule has 1 aliphatic rings. The van der Waals surface area contributed by atoms with Gasteiger partial charge in [0.15, 0.2) is 0 Å². The van der Waals surface area contributed by atoms with E-state index in [1.54, 1.807) is 0 Å². The van der Waals surface area contributed by atoms with Crippen LogP contribution in [0.15, 0.2) is 18.2 Å². The number of ether oxygens (including phenoxy) is 2. The molecule has 0 saturated carbocycles. The van der Waals surface area contributed by atoms with Crippen LogP contribution in [0.2, 0.25) is 0 Å². The van der Waals surface area contributed by atoms with Gasteiger partial charge >= 0.3 is 5.97 Å². The third-order valence-electron chi connectivity index (χ3n) is 3.69. The standard InChI is InChI=1S/C16H21NO5/c1-21-16(20)13-7-12(8-14(18)9-13)15(19)17-5-4-11-3-2-6-22-10-11/h7-9,11,18H,2-6,10H2,1H3,(H,17,19)/t11-/m0/s1. The normalized spacial score (nSPS) is 17.8. The molecule has 0 aliphatic carbocycles. The highest BCUT2D eigenvalue weighted by Crippen LogP contribution is 2.18. The molecule has 22 heavy (non-hydrogen) atoms. The SMILES string of the molecule is COC(=O)c1cc(O)cc(C(=O)NCC[C@@H]2CCCOC2)c1. The second-order valence-electron chi connectivity index (χ2n) is 5.39. The number of carbonyl (C=O) groups excluding carboxylic acids is 2. The highest BCUT2D eigenvalue weighted by Gasteiger charge is 2.16. The number of benzene rings is 1. The molecule has 1 aromatic rings. The Balaban J connectivity index is 1.91. The summed E-state index contributed by atoms with van der Waals surface area (Å²) in [5, 5.41) is 12.4. The Hall–Kier alpha value is -2.08. The van der Waals surface area contributed by atoms with Gasteiger partial charge in [0.05, 0.1) is 12.7 Å². The van der Waals surface area contributed by atoms with E-state index in [2.05, 4.69) is 10.1 Å². The highest BCUT2D eigenvalue weighted by molar-refractivity contribution is 5.98. The van der Waals surface area contributed by atoms with Crippen LogP contribution in [0.5, 0.6) is 5.75 Å². The Labute approximate surface area is 129 Å². The van der Waals surface area contributed by atoms with Crippen molar-refractivity contribution in [2.75, 3.05) is 26.9 Å². The van der Waals surface area contributed by atoms with Gasteiger partial charge < -0.3 is 19.9 Å². The van der Waals surface area contributed by atoms with Crippen molar-refractivity contribution in [2.45, 2.75) is 19.3 Å². The van der Waals surface area contributed by atoms with Gasteiger partial charge in [0.25, 0.3) is 5.91 Å². The van der Waals surface area contributed by atoms with Crippen LogP contribution in [0.25, 0.3) is 0 Å². The predicted octanol–water partition coefficient (Wildman–Crippen LogP) is 1.73. The van der Waals surface area contributed by atoms with Crippen molar-refractivity contribution in [3.05, 3.63) is 29.3 Å². The van der Waals surface area contributed by atoms with Crippen molar-refractivity contribution in [3.63, 3.8) is 0 Å². The summed E-state index contributed by atoms with van der Waals surface area (Å²) in [6.07, 6.45) is 3.04. The molecule has 120 valence electrons. The molecule has 2 rings (SSSR count). The second kappa shape index (κ2) is 7.79. The molecule has 0 aromatic heterocycles. The van der Waals surface area contributed by atoms with Crippen molar-refractivity contribution in [1.82, 2.24) is 5.32 Å². The fourth-order valence-corrected chi connectivity index (χ4v) is 2.50. The molecule has 1 saturated heterocycles. The second-order valence-corrected chi connectivity index (χ2v) is 5.39. The number of amides is 1. The van der Waals surface area contributed by atoms with Crippen LogP contribution in [0, 0.1) is 5.92 Å². The van der Waals surface area contributed by atoms with Crippen LogP contribution < -0.4 is 5.32 Å². The molecule has 1 atom stereocenters. The largest absolute Gasteiger partial charge is 0.508 e. The van der Waals surface area contributed by atoms with Gasteiger partial charge in [-0.15, -0.1) is 0 Å². The van der Waals surface area contributed by atoms with E-state index in [-0.39, 0.29) is 22.8 Å². The summed E-state index contributed by atoms with van der Waals surface area (Å²) in [5.41, 5.74) is 0.383. The number of rotatable bonds is 5. The van der Waals surface area contributed by atoms with Crippen LogP contribution in [-0.4, -0.2) is 43.9 Å². The topological polar surface area (TPSA) is 84.9 Å². The van der Waals surface area contributed by atoms with Crippen molar-refractivity contribution in [3.8, 4) is 5.75 Å². The number of carbonyl (C=O) groups is 2. The summed E-state index contributed by atoms with van der Waals surface area (Å²) < 4.78 is 9.99. The number of phenolic OH excluding ortho intramolecular Hbond substituents is 1. The molecule has 1 aromatic carbocycles. The van der Waals surface area contributed by atoms with E-state index in [4.69, 9.17) is 4.74 Å². The molecule has 0 bridgehead atoms. The Morgan fingerprint density at radius 3 is 2.82 bits per heavy atom. The summed E-state index contributed by atoms with van der Waals surface area (Å²) in [6, 6.07) is 4.00. The maximum Gasteiger partial charge on any atom is 0.338 e. The van der Waals surface area contributed by atoms with E-state index >= 15 is 0 Å². The summed E-state index contributed by atoms with van der Waals surface area (Å²) in [5.74, 6) is -0.584. The number of hydrogen-bond acceptors (Lipinski definition) is 5. The first kappa shape index (κ1) is 16.3. The van der Waals surface area contributed by atoms with Crippen molar-refractivity contribution >= 4 is 11.9 Å². The van der Waals surface area contributed by atoms with Crippen LogP contribution >= 0.6 is 0 Å². The predicted molar refractivity (Wildman–Crippen MR) is 79.9 cm³/mol. The van der Waals surface area contributed by atoms with Crippen molar-refractivity contribution < 1.29 is 24.2 Å². The molecule has 1 aliphatic heterocycles. The van der Waals surface area contributed by atoms with Gasteiger partial charge in [-0.25, -0.2) is 4.79 Å². The van der Waals surface area contributed by atoms with Crippen LogP contribution in [0.4, 0.5) is 0 Å². The van der Waals surface area contributed by atoms with Gasteiger partial charge in [0.1, 0.15) is 5.75 Å². The number of methoxy groups -OCH3 is 1. The van der Waals surface area contributed by atoms with Gasteiger partial charge in [-0.2, -0.15) is 0 Å². The van der Waals surface area contributed by atoms with E-state index < -0.39 is 5.97 Å². The lowest BCUT2D eigenvalue weighted by Gasteiger charge is -2.21. The number of hydrogen-bond donors (Lipinski definition) is 2. The zero-order chi connectivity index (χ0) is 15.9. The lowest BCUT2D eigenvalue weighted by Crippen LogP contribution is -2.28. The molecule has 0 unspecified atom stereocenters. The van der Waals surface area contributed by atoms with E-state index in [0.29, 0.717) is 12.5 Å². The van der Waals surface area contributed by atoms with Crippen LogP contribution in [-0.2, 0) is 9.47 Å². The maximum atomic E-state index is 12.1. The quantitative estimate of drug-likeness (QED) is 0.809. The van der Waals surface area contributed by atoms with Crippen LogP contribution in [0.1, 0.15) is 40.0 Å². The summed E-state index contributed by atoms with van der Waals surface area (Å²) in [4.78, 5) is 23.6. The third kappa shape index (κ3) is 4.46. The molecule has 0 spiro atoms. The van der Waals surface area contributed by atoms with Crippen molar-refractivity contribution in [2.24, 2.45) is 5.92 Å². The van der Waals surface area contributed by atoms with Gasteiger partial charge in [0, 0.05) is 25.3 Å². The Bertz CT molecular complexity index is 537. The van der Waals surface area contributed by atoms with Gasteiger partial charge in [0.2, 0.25) is 0 Å². The molecule has 6 nitrogen and oxygen atoms in total. The average Bonchev–Trinajstić information content (AvgIpc) is 2.54. The molecule has 6 heteroatoms. The molecule has 0 radical (unpaired) electrons. The Morgan fingerprint density at radius 1 is 1.36 bits per heavy atom. The van der Waals surface area contributed by atoms with Crippen LogP contribution in [0.3, 0.4) is 0 Å². The Morgan fingerprint density at radius 2 is 2.14 bits per heavy atom. The lowest BCUT2D eigenvalue weighted by molar-refractivity contribution is 0.0514. The molecular formula is C16H21NO5. The summed E-state index contributed by atoms with van der Waals surface area (Å²) in [7, 11) is 1.25. The first-order valence-electron chi connectivity index (χ1n) is 7.38. The van der Waals surface area contributed by atoms with E-state index in [1.165, 1.54) is 25.3 Å². The van der Waals surface area contributed by atoms with Gasteiger partial charge in [-0.1, -0.05) is 0 Å². The summed E-state index contributed by atoms with van der Waals surface area (Å²) in [6.45, 7) is 2.10. The van der Waals surface area contributed by atoms with Gasteiger partial charge in [-0.3, -0.25) is 4.79 Å². The minimum atomic E-state index is -0.593. The van der Waals surface area contributed by atoms with E-state index in [0.717, 1.165) is 32.5 Å². The van der Waals surface area contributed by atoms with Crippen molar-refractivity contribution in [1.29, 1.82) is 0 Å². The minimum Gasteiger partial charge on any atom is -0.508 e. The first-order chi connectivity index (χ1) is 10.6. The smallest absolute Gasteiger partial charge is 0.338 e. The number of phenols is 1. The number of aromatic hydroxyl groups is 1. The Kier molecular flexibility index (Phi) is 5.77. The molecular weight excluding hydrogens is 286 g/mol. The van der Waals surface area contributed by atoms with Gasteiger partial charge in [-0.05, 0) is 43.4 Å². The fourth-order valence-electron chi connectivity index (χ4n) is 2.50. The maximum absolute atomic E-state index is 12.1. The average molecular weight is 307 g/mol. The number of esters is 1. The lowest BCUT2D eigenvalue weighted by atomic mass is 9.99. The number of nitrogens with one attached hydrogen (secondary N) is 1. The molecule has 1 fully saturated rings. The zero-order valence-corrected chi connectivity index (χ0v) is 12.6. The van der Waals surface area contributed by atoms with E-state index in [9.17, 15) is 14.7 Å². The fraction of sp³-hybridized carbons (Fsp3) is 0.500. The minimum absolute atomic E-state index is 0.145. The molecule has 1 heterocycles. The zero-order valence-electron chi connectivity index (χ0n) is 12.6. The monoisotopic (exact) mass is 307 g/mol. The van der Waals surface area contributed by atoms with E-state index in [1.807, 2.05) is 0 Å². The third-order valence-corrected chi connectivity index (χ3v) is 3.69. The highest BCUT2D eigenvalue weighted by atomic mass is 16.5. The molecule has 1 amide bonds. The summed E-state index contributed by atoms with van der Waals surface area (Å²) >= 11 is 0. The first-order valence-corrected chi connectivity index (χ1v) is 7.38. The molecule has 2 N–H and O–H groups in total.